The van der Waals surface area contributed by atoms with Gasteiger partial charge in [0.05, 0.1) is 5.57 Å². The smallest absolute Gasteiger partial charge is 0.278 e. The van der Waals surface area contributed by atoms with Crippen molar-refractivity contribution in [2.45, 2.75) is 51.0 Å². The lowest BCUT2D eigenvalue weighted by Gasteiger charge is -2.35. The van der Waals surface area contributed by atoms with E-state index in [1.807, 2.05) is 17.5 Å². The minimum atomic E-state index is -0.121. The molecule has 2 amide bonds. The molecule has 5 nitrogen and oxygen atoms in total. The molecule has 26 heavy (non-hydrogen) atoms. The number of carbonyl (C=O) groups excluding carboxylic acids is 2. The molecule has 1 aromatic rings. The van der Waals surface area contributed by atoms with Gasteiger partial charge in [-0.05, 0) is 43.0 Å². The quantitative estimate of drug-likeness (QED) is 0.824. The van der Waals surface area contributed by atoms with E-state index in [1.54, 1.807) is 4.90 Å². The number of carbonyl (C=O) groups is 2. The van der Waals surface area contributed by atoms with E-state index < -0.39 is 0 Å². The molecule has 1 saturated heterocycles. The maximum absolute atomic E-state index is 13.4. The second kappa shape index (κ2) is 7.53. The summed E-state index contributed by atoms with van der Waals surface area (Å²) in [6, 6.07) is 3.90. The average Bonchev–Trinajstić information content (AvgIpc) is 3.28. The lowest BCUT2D eigenvalue weighted by Crippen LogP contribution is -2.45. The number of hydrogen-bond donors (Lipinski definition) is 1. The molecule has 4 rings (SSSR count). The number of likely N-dealkylation sites (tertiary alicyclic amines) is 1. The summed E-state index contributed by atoms with van der Waals surface area (Å²) >= 11 is 1.52. The van der Waals surface area contributed by atoms with E-state index in [0.29, 0.717) is 17.8 Å². The van der Waals surface area contributed by atoms with Crippen LogP contribution >= 0.6 is 11.3 Å². The van der Waals surface area contributed by atoms with E-state index in [-0.39, 0.29) is 30.4 Å². The second-order valence-electron chi connectivity index (χ2n) is 7.61. The van der Waals surface area contributed by atoms with E-state index in [2.05, 4.69) is 4.90 Å². The highest BCUT2D eigenvalue weighted by Crippen LogP contribution is 2.38. The molecule has 1 atom stereocenters. The molecular weight excluding hydrogens is 348 g/mol. The Morgan fingerprint density at radius 3 is 2.58 bits per heavy atom. The zero-order valence-electron chi connectivity index (χ0n) is 15.0. The van der Waals surface area contributed by atoms with Gasteiger partial charge in [0, 0.05) is 30.6 Å². The highest BCUT2D eigenvalue weighted by atomic mass is 32.1. The monoisotopic (exact) mass is 374 g/mol. The molecule has 0 spiro atoms. The number of aliphatic hydroxyl groups is 1. The van der Waals surface area contributed by atoms with E-state index in [1.165, 1.54) is 17.8 Å². The van der Waals surface area contributed by atoms with E-state index in [9.17, 15) is 14.7 Å². The Balaban J connectivity index is 1.71. The van der Waals surface area contributed by atoms with Crippen LogP contribution in [0.1, 0.15) is 49.8 Å². The first-order valence-electron chi connectivity index (χ1n) is 9.72. The highest BCUT2D eigenvalue weighted by molar-refractivity contribution is 7.11. The van der Waals surface area contributed by atoms with Crippen LogP contribution in [-0.2, 0) is 9.59 Å². The van der Waals surface area contributed by atoms with E-state index in [0.717, 1.165) is 49.9 Å². The summed E-state index contributed by atoms with van der Waals surface area (Å²) in [6.45, 7) is 1.56. The number of rotatable bonds is 4. The fourth-order valence-electron chi connectivity index (χ4n) is 4.56. The van der Waals surface area contributed by atoms with Gasteiger partial charge >= 0.3 is 0 Å². The lowest BCUT2D eigenvalue weighted by atomic mass is 9.94. The molecule has 1 saturated carbocycles. The number of nitrogens with zero attached hydrogens (tertiary/aromatic N) is 2. The van der Waals surface area contributed by atoms with Gasteiger partial charge in [0.1, 0.15) is 5.70 Å². The van der Waals surface area contributed by atoms with Crippen molar-refractivity contribution in [3.05, 3.63) is 28.1 Å². The van der Waals surface area contributed by atoms with E-state index >= 15 is 0 Å². The maximum atomic E-state index is 13.4. The summed E-state index contributed by atoms with van der Waals surface area (Å²) in [5.74, 6) is -0.0677. The number of hydrogen-bond acceptors (Lipinski definition) is 5. The molecule has 2 aliphatic heterocycles. The van der Waals surface area contributed by atoms with Crippen LogP contribution in [0.3, 0.4) is 0 Å². The van der Waals surface area contributed by atoms with E-state index in [4.69, 9.17) is 0 Å². The van der Waals surface area contributed by atoms with Crippen molar-refractivity contribution in [1.82, 2.24) is 9.80 Å². The molecule has 3 aliphatic rings. The van der Waals surface area contributed by atoms with Crippen LogP contribution in [-0.4, -0.2) is 52.5 Å². The minimum Gasteiger partial charge on any atom is -0.396 e. The van der Waals surface area contributed by atoms with Gasteiger partial charge in [-0.25, -0.2) is 0 Å². The molecule has 1 unspecified atom stereocenters. The predicted molar refractivity (Wildman–Crippen MR) is 101 cm³/mol. The standard InChI is InChI=1S/C20H26N2O3S/c23-13-14-6-4-10-21(12-14)18-17(16-9-5-11-26-16)19(24)22(20(18)25)15-7-2-1-3-8-15/h5,9,11,14-15,23H,1-4,6-8,10,12-13H2. The molecular formula is C20H26N2O3S. The highest BCUT2D eigenvalue weighted by Gasteiger charge is 2.45. The number of aliphatic hydroxyl groups excluding tert-OH is 1. The summed E-state index contributed by atoms with van der Waals surface area (Å²) in [7, 11) is 0. The SMILES string of the molecule is O=C1C(c2cccs2)=C(N2CCCC(CO)C2)C(=O)N1C1CCCCC1. The normalized spacial score (nSPS) is 25.5. The van der Waals surface area contributed by atoms with Crippen molar-refractivity contribution in [2.24, 2.45) is 5.92 Å². The largest absolute Gasteiger partial charge is 0.396 e. The van der Waals surface area contributed by atoms with Gasteiger partial charge in [-0.2, -0.15) is 0 Å². The average molecular weight is 375 g/mol. The molecule has 0 radical (unpaired) electrons. The third kappa shape index (κ3) is 3.09. The van der Waals surface area contributed by atoms with Crippen LogP contribution in [0.2, 0.25) is 0 Å². The summed E-state index contributed by atoms with van der Waals surface area (Å²) < 4.78 is 0. The third-order valence-corrected chi connectivity index (χ3v) is 6.78. The molecule has 6 heteroatoms. The van der Waals surface area contributed by atoms with Gasteiger partial charge in [-0.1, -0.05) is 25.3 Å². The summed E-state index contributed by atoms with van der Waals surface area (Å²) in [5, 5.41) is 11.5. The Morgan fingerprint density at radius 2 is 1.88 bits per heavy atom. The van der Waals surface area contributed by atoms with Crippen LogP contribution in [0.15, 0.2) is 23.2 Å². The molecule has 2 fully saturated rings. The summed E-state index contributed by atoms with van der Waals surface area (Å²) in [6.07, 6.45) is 7.11. The lowest BCUT2D eigenvalue weighted by molar-refractivity contribution is -0.141. The Kier molecular flexibility index (Phi) is 5.14. The van der Waals surface area contributed by atoms with Crippen LogP contribution < -0.4 is 0 Å². The van der Waals surface area contributed by atoms with Crippen molar-refractivity contribution in [3.8, 4) is 0 Å². The van der Waals surface area contributed by atoms with Gasteiger partial charge in [0.25, 0.3) is 11.8 Å². The molecule has 1 aromatic heterocycles. The van der Waals surface area contributed by atoms with Crippen molar-refractivity contribution >= 4 is 28.7 Å². The third-order valence-electron chi connectivity index (χ3n) is 5.89. The van der Waals surface area contributed by atoms with Gasteiger partial charge in [-0.15, -0.1) is 11.3 Å². The predicted octanol–water partition coefficient (Wildman–Crippen LogP) is 2.87. The first kappa shape index (κ1) is 17.7. The molecule has 140 valence electrons. The summed E-state index contributed by atoms with van der Waals surface area (Å²) in [4.78, 5) is 31.1. The molecule has 3 heterocycles. The van der Waals surface area contributed by atoms with Gasteiger partial charge in [-0.3, -0.25) is 14.5 Å². The first-order chi connectivity index (χ1) is 12.7. The van der Waals surface area contributed by atoms with Crippen LogP contribution in [0.25, 0.3) is 5.57 Å². The van der Waals surface area contributed by atoms with Crippen LogP contribution in [0.5, 0.6) is 0 Å². The van der Waals surface area contributed by atoms with Crippen molar-refractivity contribution in [1.29, 1.82) is 0 Å². The Morgan fingerprint density at radius 1 is 1.08 bits per heavy atom. The number of amides is 2. The first-order valence-corrected chi connectivity index (χ1v) is 10.6. The van der Waals surface area contributed by atoms with Crippen molar-refractivity contribution in [2.75, 3.05) is 19.7 Å². The number of piperidine rings is 1. The Hall–Kier alpha value is -1.66. The second-order valence-corrected chi connectivity index (χ2v) is 8.56. The zero-order chi connectivity index (χ0) is 18.1. The maximum Gasteiger partial charge on any atom is 0.278 e. The minimum absolute atomic E-state index is 0.0367. The topological polar surface area (TPSA) is 60.9 Å². The molecule has 1 N–H and O–H groups in total. The number of imide groups is 1. The summed E-state index contributed by atoms with van der Waals surface area (Å²) in [5.41, 5.74) is 1.15. The van der Waals surface area contributed by atoms with Crippen LogP contribution in [0, 0.1) is 5.92 Å². The fourth-order valence-corrected chi connectivity index (χ4v) is 5.32. The van der Waals surface area contributed by atoms with Crippen molar-refractivity contribution in [3.63, 3.8) is 0 Å². The zero-order valence-corrected chi connectivity index (χ0v) is 15.8. The Bertz CT molecular complexity index is 707. The number of thiophene rings is 1. The fraction of sp³-hybridized carbons (Fsp3) is 0.600. The van der Waals surface area contributed by atoms with Gasteiger partial charge in [0.2, 0.25) is 0 Å². The van der Waals surface area contributed by atoms with Gasteiger partial charge in [0.15, 0.2) is 0 Å². The molecule has 0 bridgehead atoms. The van der Waals surface area contributed by atoms with Crippen molar-refractivity contribution < 1.29 is 14.7 Å². The van der Waals surface area contributed by atoms with Gasteiger partial charge < -0.3 is 10.0 Å². The Labute approximate surface area is 158 Å². The molecule has 1 aliphatic carbocycles. The van der Waals surface area contributed by atoms with Crippen LogP contribution in [0.4, 0.5) is 0 Å². The molecule has 0 aromatic carbocycles.